The Labute approximate surface area is 132 Å². The number of hydrogen-bond donors (Lipinski definition) is 1. The second kappa shape index (κ2) is 7.22. The molecule has 0 saturated heterocycles. The Hall–Kier alpha value is -0.880. The quantitative estimate of drug-likeness (QED) is 0.853. The van der Waals surface area contributed by atoms with Gasteiger partial charge in [0.25, 0.3) is 5.19 Å². The van der Waals surface area contributed by atoms with Gasteiger partial charge in [-0.1, -0.05) is 53.5 Å². The number of benzene rings is 1. The van der Waals surface area contributed by atoms with Crippen molar-refractivity contribution in [3.05, 3.63) is 33.3 Å². The van der Waals surface area contributed by atoms with Crippen molar-refractivity contribution in [1.82, 2.24) is 15.5 Å². The molecule has 1 heterocycles. The van der Waals surface area contributed by atoms with Crippen LogP contribution in [0.25, 0.3) is 0 Å². The summed E-state index contributed by atoms with van der Waals surface area (Å²) in [6, 6.07) is 5.06. The van der Waals surface area contributed by atoms with Crippen LogP contribution < -0.4 is 10.1 Å². The molecule has 0 aliphatic heterocycles. The van der Waals surface area contributed by atoms with Gasteiger partial charge in [-0.05, 0) is 30.7 Å². The minimum absolute atomic E-state index is 0.451. The zero-order valence-electron chi connectivity index (χ0n) is 11.2. The van der Waals surface area contributed by atoms with E-state index in [1.54, 1.807) is 18.2 Å². The minimum atomic E-state index is 0.451. The molecule has 0 saturated carbocycles. The highest BCUT2D eigenvalue weighted by Gasteiger charge is 2.09. The van der Waals surface area contributed by atoms with Crippen LogP contribution in [0.4, 0.5) is 0 Å². The topological polar surface area (TPSA) is 47.0 Å². The van der Waals surface area contributed by atoms with Gasteiger partial charge in [-0.3, -0.25) is 0 Å². The van der Waals surface area contributed by atoms with Gasteiger partial charge < -0.3 is 10.1 Å². The molecule has 0 aliphatic carbocycles. The maximum Gasteiger partial charge on any atom is 0.299 e. The summed E-state index contributed by atoms with van der Waals surface area (Å²) in [5.41, 5.74) is 0. The molecule has 0 bridgehead atoms. The summed E-state index contributed by atoms with van der Waals surface area (Å²) in [6.07, 6.45) is 0. The van der Waals surface area contributed by atoms with Crippen LogP contribution in [0.3, 0.4) is 0 Å². The van der Waals surface area contributed by atoms with Crippen molar-refractivity contribution in [2.45, 2.75) is 20.4 Å². The van der Waals surface area contributed by atoms with E-state index in [0.717, 1.165) is 11.6 Å². The highest BCUT2D eigenvalue weighted by atomic mass is 35.5. The largest absolute Gasteiger partial charge is 0.428 e. The van der Waals surface area contributed by atoms with Crippen LogP contribution in [0.5, 0.6) is 10.9 Å². The lowest BCUT2D eigenvalue weighted by atomic mass is 10.2. The van der Waals surface area contributed by atoms with Gasteiger partial charge >= 0.3 is 0 Å². The van der Waals surface area contributed by atoms with Crippen LogP contribution in [0.15, 0.2) is 18.2 Å². The molecule has 1 aromatic heterocycles. The van der Waals surface area contributed by atoms with E-state index in [0.29, 0.717) is 33.5 Å². The van der Waals surface area contributed by atoms with Crippen molar-refractivity contribution in [1.29, 1.82) is 0 Å². The monoisotopic (exact) mass is 331 g/mol. The van der Waals surface area contributed by atoms with E-state index in [9.17, 15) is 0 Å². The van der Waals surface area contributed by atoms with Gasteiger partial charge in [0.05, 0.1) is 5.02 Å². The zero-order valence-corrected chi connectivity index (χ0v) is 13.5. The van der Waals surface area contributed by atoms with E-state index >= 15 is 0 Å². The smallest absolute Gasteiger partial charge is 0.299 e. The molecular formula is C13H15Cl2N3OS. The Kier molecular flexibility index (Phi) is 5.60. The number of hydrogen-bond acceptors (Lipinski definition) is 5. The van der Waals surface area contributed by atoms with Gasteiger partial charge in [0.2, 0.25) is 0 Å². The minimum Gasteiger partial charge on any atom is -0.428 e. The van der Waals surface area contributed by atoms with E-state index in [4.69, 9.17) is 27.9 Å². The number of aromatic nitrogens is 2. The number of nitrogens with zero attached hydrogens (tertiary/aromatic N) is 2. The van der Waals surface area contributed by atoms with Crippen LogP contribution in [-0.2, 0) is 6.54 Å². The molecule has 1 aromatic carbocycles. The maximum atomic E-state index is 6.04. The molecule has 0 fully saturated rings. The third-order valence-electron chi connectivity index (χ3n) is 2.37. The SMILES string of the molecule is CC(C)CNCc1nnc(Oc2ccc(Cl)cc2Cl)s1. The van der Waals surface area contributed by atoms with Gasteiger partial charge in [0.15, 0.2) is 0 Å². The second-order valence-corrected chi connectivity index (χ2v) is 6.53. The number of halogens is 2. The Morgan fingerprint density at radius 2 is 2.10 bits per heavy atom. The van der Waals surface area contributed by atoms with Crippen molar-refractivity contribution in [2.24, 2.45) is 5.92 Å². The first kappa shape index (κ1) is 15.5. The predicted octanol–water partition coefficient (Wildman–Crippen LogP) is 4.38. The van der Waals surface area contributed by atoms with Crippen molar-refractivity contribution in [3.63, 3.8) is 0 Å². The Bertz CT molecular complexity index is 574. The second-order valence-electron chi connectivity index (χ2n) is 4.66. The van der Waals surface area contributed by atoms with Gasteiger partial charge in [-0.25, -0.2) is 0 Å². The molecule has 0 atom stereocenters. The summed E-state index contributed by atoms with van der Waals surface area (Å²) < 4.78 is 5.60. The van der Waals surface area contributed by atoms with Crippen molar-refractivity contribution < 1.29 is 4.74 Å². The van der Waals surface area contributed by atoms with Gasteiger partial charge in [-0.15, -0.1) is 5.10 Å². The standard InChI is InChI=1S/C13H15Cl2N3OS/c1-8(2)6-16-7-12-17-18-13(20-12)19-11-4-3-9(14)5-10(11)15/h3-5,8,16H,6-7H2,1-2H3. The summed E-state index contributed by atoms with van der Waals surface area (Å²) in [5, 5.41) is 13.7. The predicted molar refractivity (Wildman–Crippen MR) is 83.0 cm³/mol. The first-order chi connectivity index (χ1) is 9.54. The van der Waals surface area contributed by atoms with Crippen molar-refractivity contribution >= 4 is 34.5 Å². The summed E-state index contributed by atoms with van der Waals surface area (Å²) >= 11 is 13.3. The van der Waals surface area contributed by atoms with E-state index in [1.807, 2.05) is 0 Å². The summed E-state index contributed by atoms with van der Waals surface area (Å²) in [5.74, 6) is 1.13. The van der Waals surface area contributed by atoms with Gasteiger partial charge in [0.1, 0.15) is 10.8 Å². The molecule has 4 nitrogen and oxygen atoms in total. The fourth-order valence-electron chi connectivity index (χ4n) is 1.47. The summed E-state index contributed by atoms with van der Waals surface area (Å²) in [7, 11) is 0. The van der Waals surface area contributed by atoms with Crippen LogP contribution in [0, 0.1) is 5.92 Å². The lowest BCUT2D eigenvalue weighted by molar-refractivity contribution is 0.473. The fourth-order valence-corrected chi connectivity index (χ4v) is 2.59. The molecule has 0 unspecified atom stereocenters. The normalized spacial score (nSPS) is 11.1. The Morgan fingerprint density at radius 1 is 1.30 bits per heavy atom. The first-order valence-corrected chi connectivity index (χ1v) is 7.78. The highest BCUT2D eigenvalue weighted by molar-refractivity contribution is 7.13. The molecule has 0 spiro atoms. The van der Waals surface area contributed by atoms with Crippen LogP contribution >= 0.6 is 34.5 Å². The molecule has 0 radical (unpaired) electrons. The molecule has 0 aliphatic rings. The number of ether oxygens (including phenoxy) is 1. The number of nitrogens with one attached hydrogen (secondary N) is 1. The first-order valence-electron chi connectivity index (χ1n) is 6.20. The van der Waals surface area contributed by atoms with E-state index < -0.39 is 0 Å². The molecule has 1 N–H and O–H groups in total. The molecule has 2 aromatic rings. The van der Waals surface area contributed by atoms with E-state index in [2.05, 4.69) is 29.4 Å². The number of rotatable bonds is 6. The molecule has 0 amide bonds. The lowest BCUT2D eigenvalue weighted by Crippen LogP contribution is -2.18. The fraction of sp³-hybridized carbons (Fsp3) is 0.385. The van der Waals surface area contributed by atoms with Crippen molar-refractivity contribution in [2.75, 3.05) is 6.54 Å². The zero-order chi connectivity index (χ0) is 14.5. The van der Waals surface area contributed by atoms with Crippen LogP contribution in [0.2, 0.25) is 10.0 Å². The van der Waals surface area contributed by atoms with Gasteiger partial charge in [-0.2, -0.15) is 0 Å². The lowest BCUT2D eigenvalue weighted by Gasteiger charge is -2.04. The maximum absolute atomic E-state index is 6.04. The van der Waals surface area contributed by atoms with Crippen molar-refractivity contribution in [3.8, 4) is 10.9 Å². The molecule has 20 heavy (non-hydrogen) atoms. The summed E-state index contributed by atoms with van der Waals surface area (Å²) in [6.45, 7) is 5.95. The van der Waals surface area contributed by atoms with E-state index in [-0.39, 0.29) is 0 Å². The van der Waals surface area contributed by atoms with E-state index in [1.165, 1.54) is 11.3 Å². The Morgan fingerprint density at radius 3 is 2.80 bits per heavy atom. The molecule has 7 heteroatoms. The Balaban J connectivity index is 1.95. The average molecular weight is 332 g/mol. The third-order valence-corrected chi connectivity index (χ3v) is 3.70. The third kappa shape index (κ3) is 4.59. The molecule has 2 rings (SSSR count). The average Bonchev–Trinajstić information content (AvgIpc) is 2.80. The summed E-state index contributed by atoms with van der Waals surface area (Å²) in [4.78, 5) is 0. The van der Waals surface area contributed by atoms with Crippen LogP contribution in [0.1, 0.15) is 18.9 Å². The van der Waals surface area contributed by atoms with Gasteiger partial charge in [0, 0.05) is 11.6 Å². The van der Waals surface area contributed by atoms with Crippen LogP contribution in [-0.4, -0.2) is 16.7 Å². The highest BCUT2D eigenvalue weighted by Crippen LogP contribution is 2.32. The molecular weight excluding hydrogens is 317 g/mol. The molecule has 108 valence electrons.